The first-order valence-corrected chi connectivity index (χ1v) is 8.23. The van der Waals surface area contributed by atoms with E-state index in [1.807, 2.05) is 66.7 Å². The fourth-order valence-electron chi connectivity index (χ4n) is 2.76. The van der Waals surface area contributed by atoms with Crippen molar-refractivity contribution in [1.29, 1.82) is 0 Å². The number of carbonyl (C=O) groups is 1. The van der Waals surface area contributed by atoms with Crippen LogP contribution in [0.15, 0.2) is 72.8 Å². The summed E-state index contributed by atoms with van der Waals surface area (Å²) in [5.74, 6) is 1.35. The van der Waals surface area contributed by atoms with Crippen molar-refractivity contribution >= 4 is 34.8 Å². The Labute approximate surface area is 150 Å². The number of hydrogen-bond donors (Lipinski definition) is 1. The van der Waals surface area contributed by atoms with Crippen molar-refractivity contribution in [2.24, 2.45) is 0 Å². The average molecular weight is 348 g/mol. The van der Waals surface area contributed by atoms with Crippen molar-refractivity contribution in [1.82, 2.24) is 0 Å². The minimum Gasteiger partial charge on any atom is -0.457 e. The van der Waals surface area contributed by atoms with Gasteiger partial charge in [-0.25, -0.2) is 0 Å². The molecule has 1 heterocycles. The lowest BCUT2D eigenvalue weighted by molar-refractivity contribution is -0.110. The van der Waals surface area contributed by atoms with Crippen LogP contribution in [-0.4, -0.2) is 5.91 Å². The maximum Gasteiger partial charge on any atom is 0.256 e. The maximum absolute atomic E-state index is 12.3. The summed E-state index contributed by atoms with van der Waals surface area (Å²) in [6, 6.07) is 22.6. The van der Waals surface area contributed by atoms with E-state index in [1.165, 1.54) is 0 Å². The molecule has 0 spiro atoms. The fourth-order valence-corrected chi connectivity index (χ4v) is 2.93. The largest absolute Gasteiger partial charge is 0.457 e. The zero-order chi connectivity index (χ0) is 17.2. The second-order valence-corrected chi connectivity index (χ2v) is 6.13. The van der Waals surface area contributed by atoms with Crippen LogP contribution in [-0.2, 0) is 4.79 Å². The lowest BCUT2D eigenvalue weighted by Gasteiger charge is -2.06. The Kier molecular flexibility index (Phi) is 4.00. The third-order valence-electron chi connectivity index (χ3n) is 3.91. The summed E-state index contributed by atoms with van der Waals surface area (Å²) in [7, 11) is 0. The highest BCUT2D eigenvalue weighted by Crippen LogP contribution is 2.35. The van der Waals surface area contributed by atoms with Crippen LogP contribution in [0.3, 0.4) is 0 Å². The molecule has 122 valence electrons. The summed E-state index contributed by atoms with van der Waals surface area (Å²) in [5.41, 5.74) is 3.06. The first-order valence-electron chi connectivity index (χ1n) is 7.85. The standard InChI is InChI=1S/C21H14ClNO2/c22-15-9-10-20-18(13-15)19(21(24)23-20)12-14-5-4-8-17(11-14)25-16-6-2-1-3-7-16/h1-13H,(H,23,24)/b19-12-. The van der Waals surface area contributed by atoms with E-state index in [4.69, 9.17) is 16.3 Å². The van der Waals surface area contributed by atoms with Gasteiger partial charge in [0, 0.05) is 21.8 Å². The maximum atomic E-state index is 12.3. The molecule has 0 fully saturated rings. The van der Waals surface area contributed by atoms with Crippen molar-refractivity contribution in [3.63, 3.8) is 0 Å². The SMILES string of the molecule is O=C1Nc2ccc(Cl)cc2/C1=C/c1cccc(Oc2ccccc2)c1. The third-order valence-corrected chi connectivity index (χ3v) is 4.15. The molecule has 4 rings (SSSR count). The Bertz CT molecular complexity index is 980. The van der Waals surface area contributed by atoms with Crippen LogP contribution >= 0.6 is 11.6 Å². The van der Waals surface area contributed by atoms with Gasteiger partial charge in [-0.05, 0) is 54.1 Å². The van der Waals surface area contributed by atoms with Crippen molar-refractivity contribution in [2.45, 2.75) is 0 Å². The summed E-state index contributed by atoms with van der Waals surface area (Å²) in [5, 5.41) is 3.45. The topological polar surface area (TPSA) is 38.3 Å². The Morgan fingerprint density at radius 1 is 0.880 bits per heavy atom. The monoisotopic (exact) mass is 347 g/mol. The molecule has 1 N–H and O–H groups in total. The highest BCUT2D eigenvalue weighted by molar-refractivity contribution is 6.36. The first kappa shape index (κ1) is 15.5. The molecule has 1 aliphatic heterocycles. The summed E-state index contributed by atoms with van der Waals surface area (Å²) < 4.78 is 5.85. The van der Waals surface area contributed by atoms with Gasteiger partial charge >= 0.3 is 0 Å². The molecule has 0 saturated carbocycles. The second kappa shape index (κ2) is 6.46. The van der Waals surface area contributed by atoms with E-state index in [2.05, 4.69) is 5.32 Å². The van der Waals surface area contributed by atoms with Gasteiger partial charge in [0.1, 0.15) is 11.5 Å². The predicted octanol–water partition coefficient (Wildman–Crippen LogP) is 5.63. The minimum absolute atomic E-state index is 0.133. The van der Waals surface area contributed by atoms with Crippen LogP contribution in [0.2, 0.25) is 5.02 Å². The Balaban J connectivity index is 1.67. The molecule has 0 aromatic heterocycles. The van der Waals surface area contributed by atoms with E-state index < -0.39 is 0 Å². The predicted molar refractivity (Wildman–Crippen MR) is 101 cm³/mol. The van der Waals surface area contributed by atoms with Gasteiger partial charge in [-0.15, -0.1) is 0 Å². The summed E-state index contributed by atoms with van der Waals surface area (Å²) in [4.78, 5) is 12.3. The minimum atomic E-state index is -0.133. The lowest BCUT2D eigenvalue weighted by atomic mass is 10.0. The molecule has 1 aliphatic rings. The van der Waals surface area contributed by atoms with Crippen LogP contribution in [0, 0.1) is 0 Å². The first-order chi connectivity index (χ1) is 12.2. The number of para-hydroxylation sites is 1. The van der Waals surface area contributed by atoms with E-state index >= 15 is 0 Å². The average Bonchev–Trinajstić information content (AvgIpc) is 2.91. The second-order valence-electron chi connectivity index (χ2n) is 5.69. The fraction of sp³-hybridized carbons (Fsp3) is 0. The number of benzene rings is 3. The molecular formula is C21H14ClNO2. The number of anilines is 1. The molecule has 0 bridgehead atoms. The number of ether oxygens (including phenoxy) is 1. The third kappa shape index (κ3) is 3.28. The van der Waals surface area contributed by atoms with Gasteiger partial charge in [0.15, 0.2) is 0 Å². The van der Waals surface area contributed by atoms with Crippen LogP contribution in [0.1, 0.15) is 11.1 Å². The van der Waals surface area contributed by atoms with Gasteiger partial charge in [0.25, 0.3) is 5.91 Å². The molecule has 0 atom stereocenters. The number of halogens is 1. The molecule has 1 amide bonds. The number of amides is 1. The quantitative estimate of drug-likeness (QED) is 0.624. The molecule has 0 aliphatic carbocycles. The van der Waals surface area contributed by atoms with Gasteiger partial charge in [-0.2, -0.15) is 0 Å². The molecule has 3 nitrogen and oxygen atoms in total. The van der Waals surface area contributed by atoms with Crippen LogP contribution in [0.5, 0.6) is 11.5 Å². The number of nitrogens with one attached hydrogen (secondary N) is 1. The van der Waals surface area contributed by atoms with Crippen molar-refractivity contribution in [3.8, 4) is 11.5 Å². The lowest BCUT2D eigenvalue weighted by Crippen LogP contribution is -2.03. The van der Waals surface area contributed by atoms with Gasteiger partial charge in [-0.1, -0.05) is 41.9 Å². The Morgan fingerprint density at radius 2 is 1.68 bits per heavy atom. The van der Waals surface area contributed by atoms with E-state index in [-0.39, 0.29) is 5.91 Å². The smallest absolute Gasteiger partial charge is 0.256 e. The Morgan fingerprint density at radius 3 is 2.52 bits per heavy atom. The van der Waals surface area contributed by atoms with Crippen molar-refractivity contribution in [3.05, 3.63) is 88.9 Å². The van der Waals surface area contributed by atoms with Crippen LogP contribution in [0.4, 0.5) is 5.69 Å². The number of rotatable bonds is 3. The molecule has 4 heteroatoms. The number of fused-ring (bicyclic) bond motifs is 1. The molecular weight excluding hydrogens is 334 g/mol. The van der Waals surface area contributed by atoms with Gasteiger partial charge in [0.2, 0.25) is 0 Å². The molecule has 3 aromatic carbocycles. The summed E-state index contributed by atoms with van der Waals surface area (Å²) >= 11 is 6.07. The van der Waals surface area contributed by atoms with Gasteiger partial charge < -0.3 is 10.1 Å². The normalized spacial score (nSPS) is 14.3. The molecule has 0 saturated heterocycles. The zero-order valence-electron chi connectivity index (χ0n) is 13.2. The van der Waals surface area contributed by atoms with E-state index in [9.17, 15) is 4.79 Å². The van der Waals surface area contributed by atoms with E-state index in [0.717, 1.165) is 22.6 Å². The van der Waals surface area contributed by atoms with E-state index in [1.54, 1.807) is 12.1 Å². The van der Waals surface area contributed by atoms with Gasteiger partial charge in [0.05, 0.1) is 0 Å². The highest BCUT2D eigenvalue weighted by atomic mass is 35.5. The van der Waals surface area contributed by atoms with Gasteiger partial charge in [-0.3, -0.25) is 4.79 Å². The van der Waals surface area contributed by atoms with Crippen LogP contribution in [0.25, 0.3) is 11.6 Å². The summed E-state index contributed by atoms with van der Waals surface area (Å²) in [6.45, 7) is 0. The van der Waals surface area contributed by atoms with Crippen molar-refractivity contribution in [2.75, 3.05) is 5.32 Å². The molecule has 0 unspecified atom stereocenters. The van der Waals surface area contributed by atoms with E-state index in [0.29, 0.717) is 16.3 Å². The zero-order valence-corrected chi connectivity index (χ0v) is 14.0. The van der Waals surface area contributed by atoms with Crippen LogP contribution < -0.4 is 10.1 Å². The number of carbonyl (C=O) groups excluding carboxylic acids is 1. The Hall–Kier alpha value is -3.04. The summed E-state index contributed by atoms with van der Waals surface area (Å²) in [6.07, 6.45) is 1.84. The highest BCUT2D eigenvalue weighted by Gasteiger charge is 2.24. The molecule has 3 aromatic rings. The van der Waals surface area contributed by atoms with Crippen molar-refractivity contribution < 1.29 is 9.53 Å². The molecule has 25 heavy (non-hydrogen) atoms. The number of hydrogen-bond acceptors (Lipinski definition) is 2. The molecule has 0 radical (unpaired) electrons.